The molecule has 0 unspecified atom stereocenters. The fraction of sp³-hybridized carbons (Fsp3) is 0.286. The summed E-state index contributed by atoms with van der Waals surface area (Å²) in [6.07, 6.45) is 0.992. The highest BCUT2D eigenvalue weighted by atomic mass is 14.6. The summed E-state index contributed by atoms with van der Waals surface area (Å²) in [6.45, 7) is 1.36. The van der Waals surface area contributed by atoms with Crippen LogP contribution in [0.15, 0.2) is 11.8 Å². The van der Waals surface area contributed by atoms with E-state index in [2.05, 4.69) is 0 Å². The van der Waals surface area contributed by atoms with Crippen LogP contribution in [0.25, 0.3) is 0 Å². The molecule has 0 saturated carbocycles. The summed E-state index contributed by atoms with van der Waals surface area (Å²) >= 11 is 0. The van der Waals surface area contributed by atoms with Crippen molar-refractivity contribution in [3.05, 3.63) is 11.8 Å². The normalized spacial score (nSPS) is 10.9. The lowest BCUT2D eigenvalue weighted by molar-refractivity contribution is 0.687. The van der Waals surface area contributed by atoms with E-state index in [4.69, 9.17) is 21.5 Å². The van der Waals surface area contributed by atoms with Gasteiger partial charge in [0.15, 0.2) is 5.41 Å². The lowest BCUT2D eigenvalue weighted by Gasteiger charge is -2.09. The molecular weight excluding hydrogens is 140 g/mol. The maximum atomic E-state index is 8.48. The summed E-state index contributed by atoms with van der Waals surface area (Å²) in [6, 6.07) is 5.07. The van der Waals surface area contributed by atoms with Gasteiger partial charge in [-0.15, -0.1) is 0 Å². The van der Waals surface area contributed by atoms with Crippen molar-refractivity contribution in [2.45, 2.75) is 6.92 Å². The highest BCUT2D eigenvalue weighted by molar-refractivity contribution is 5.31. The minimum atomic E-state index is -1.38. The molecule has 0 radical (unpaired) electrons. The maximum absolute atomic E-state index is 8.48. The van der Waals surface area contributed by atoms with Crippen molar-refractivity contribution in [3.8, 4) is 18.2 Å². The lowest BCUT2D eigenvalue weighted by Crippen LogP contribution is -2.20. The van der Waals surface area contributed by atoms with Gasteiger partial charge in [0.1, 0.15) is 0 Å². The first-order valence-electron chi connectivity index (χ1n) is 2.79. The zero-order valence-corrected chi connectivity index (χ0v) is 6.00. The predicted molar refractivity (Wildman–Crippen MR) is 37.2 cm³/mol. The summed E-state index contributed by atoms with van der Waals surface area (Å²) in [5.74, 6) is 0. The third kappa shape index (κ3) is 1.71. The van der Waals surface area contributed by atoms with Crippen molar-refractivity contribution >= 4 is 0 Å². The zero-order chi connectivity index (χ0) is 8.91. The fourth-order valence-corrected chi connectivity index (χ4v) is 0.368. The van der Waals surface area contributed by atoms with Crippen molar-refractivity contribution < 1.29 is 0 Å². The SMILES string of the molecule is CC(C#N)(C#N)/C(N)=C/C#N. The van der Waals surface area contributed by atoms with Crippen molar-refractivity contribution in [3.63, 3.8) is 0 Å². The van der Waals surface area contributed by atoms with Gasteiger partial charge in [0.05, 0.1) is 23.9 Å². The van der Waals surface area contributed by atoms with Crippen LogP contribution >= 0.6 is 0 Å². The molecule has 0 aliphatic carbocycles. The number of allylic oxidation sites excluding steroid dienone is 2. The van der Waals surface area contributed by atoms with Crippen LogP contribution in [0.4, 0.5) is 0 Å². The largest absolute Gasteiger partial charge is 0.399 e. The van der Waals surface area contributed by atoms with E-state index in [0.717, 1.165) is 6.08 Å². The predicted octanol–water partition coefficient (Wildman–Crippen LogP) is 0.406. The second-order valence-electron chi connectivity index (χ2n) is 2.08. The van der Waals surface area contributed by atoms with Crippen LogP contribution < -0.4 is 5.73 Å². The van der Waals surface area contributed by atoms with Gasteiger partial charge < -0.3 is 5.73 Å². The summed E-state index contributed by atoms with van der Waals surface area (Å²) < 4.78 is 0. The molecule has 4 nitrogen and oxygen atoms in total. The first-order chi connectivity index (χ1) is 5.10. The molecule has 11 heavy (non-hydrogen) atoms. The molecule has 0 aliphatic rings. The Morgan fingerprint density at radius 3 is 2.09 bits per heavy atom. The molecule has 0 amide bonds. The third-order valence-corrected chi connectivity index (χ3v) is 1.24. The molecule has 0 aromatic carbocycles. The van der Waals surface area contributed by atoms with E-state index in [1.807, 2.05) is 0 Å². The first kappa shape index (κ1) is 9.01. The Labute approximate surface area is 64.8 Å². The number of nitrogens with two attached hydrogens (primary N) is 1. The Morgan fingerprint density at radius 2 is 1.82 bits per heavy atom. The van der Waals surface area contributed by atoms with Crippen molar-refractivity contribution in [1.29, 1.82) is 15.8 Å². The van der Waals surface area contributed by atoms with E-state index in [1.54, 1.807) is 18.2 Å². The number of rotatable bonds is 1. The molecular formula is C7H6N4. The van der Waals surface area contributed by atoms with Gasteiger partial charge >= 0.3 is 0 Å². The summed E-state index contributed by atoms with van der Waals surface area (Å²) in [5.41, 5.74) is 3.87. The van der Waals surface area contributed by atoms with Gasteiger partial charge in [0.25, 0.3) is 0 Å². The lowest BCUT2D eigenvalue weighted by atomic mass is 9.91. The van der Waals surface area contributed by atoms with Gasteiger partial charge in [-0.05, 0) is 6.92 Å². The Balaban J connectivity index is 4.91. The zero-order valence-electron chi connectivity index (χ0n) is 6.00. The van der Waals surface area contributed by atoms with Gasteiger partial charge in [-0.25, -0.2) is 0 Å². The van der Waals surface area contributed by atoms with Crippen molar-refractivity contribution in [2.75, 3.05) is 0 Å². The van der Waals surface area contributed by atoms with E-state index >= 15 is 0 Å². The average Bonchev–Trinajstić information content (AvgIpc) is 2.03. The molecule has 54 valence electrons. The number of hydrogen-bond donors (Lipinski definition) is 1. The fourth-order valence-electron chi connectivity index (χ4n) is 0.368. The second kappa shape index (κ2) is 3.25. The van der Waals surface area contributed by atoms with Crippen LogP contribution in [-0.2, 0) is 0 Å². The van der Waals surface area contributed by atoms with Crippen molar-refractivity contribution in [1.82, 2.24) is 0 Å². The Kier molecular flexibility index (Phi) is 2.66. The standard InChI is InChI=1S/C7H6N4/c1-7(4-9,5-10)6(11)2-3-8/h2H,11H2,1H3/b6-2-. The minimum Gasteiger partial charge on any atom is -0.399 e. The molecule has 0 rings (SSSR count). The molecule has 2 N–H and O–H groups in total. The van der Waals surface area contributed by atoms with E-state index < -0.39 is 5.41 Å². The summed E-state index contributed by atoms with van der Waals surface area (Å²) in [4.78, 5) is 0. The van der Waals surface area contributed by atoms with Gasteiger partial charge in [-0.3, -0.25) is 0 Å². The average molecular weight is 146 g/mol. The molecule has 0 aromatic heterocycles. The summed E-state index contributed by atoms with van der Waals surface area (Å²) in [5, 5.41) is 25.1. The van der Waals surface area contributed by atoms with Gasteiger partial charge in [0, 0.05) is 6.08 Å². The number of nitriles is 3. The Morgan fingerprint density at radius 1 is 1.36 bits per heavy atom. The molecule has 4 heteroatoms. The maximum Gasteiger partial charge on any atom is 0.180 e. The quantitative estimate of drug-likeness (QED) is 0.541. The molecule has 0 aliphatic heterocycles. The molecule has 0 bridgehead atoms. The third-order valence-electron chi connectivity index (χ3n) is 1.24. The first-order valence-corrected chi connectivity index (χ1v) is 2.79. The Bertz CT molecular complexity index is 280. The van der Waals surface area contributed by atoms with Gasteiger partial charge in [-0.1, -0.05) is 0 Å². The monoisotopic (exact) mass is 146 g/mol. The smallest absolute Gasteiger partial charge is 0.180 e. The number of nitrogens with zero attached hydrogens (tertiary/aromatic N) is 3. The van der Waals surface area contributed by atoms with E-state index in [0.29, 0.717) is 0 Å². The van der Waals surface area contributed by atoms with Crippen LogP contribution in [0.1, 0.15) is 6.92 Å². The van der Waals surface area contributed by atoms with Crippen LogP contribution in [0.5, 0.6) is 0 Å². The highest BCUT2D eigenvalue weighted by Crippen LogP contribution is 2.19. The summed E-state index contributed by atoms with van der Waals surface area (Å²) in [7, 11) is 0. The molecule has 0 aromatic rings. The molecule has 0 spiro atoms. The Hall–Kier alpha value is -1.99. The number of hydrogen-bond acceptors (Lipinski definition) is 4. The van der Waals surface area contributed by atoms with Crippen molar-refractivity contribution in [2.24, 2.45) is 11.1 Å². The van der Waals surface area contributed by atoms with E-state index in [1.165, 1.54) is 6.92 Å². The van der Waals surface area contributed by atoms with Crippen LogP contribution in [0.3, 0.4) is 0 Å². The van der Waals surface area contributed by atoms with Crippen LogP contribution in [-0.4, -0.2) is 0 Å². The van der Waals surface area contributed by atoms with Gasteiger partial charge in [0.2, 0.25) is 0 Å². The second-order valence-corrected chi connectivity index (χ2v) is 2.08. The van der Waals surface area contributed by atoms with E-state index in [9.17, 15) is 0 Å². The van der Waals surface area contributed by atoms with Crippen LogP contribution in [0.2, 0.25) is 0 Å². The molecule has 0 fully saturated rings. The van der Waals surface area contributed by atoms with Gasteiger partial charge in [-0.2, -0.15) is 15.8 Å². The highest BCUT2D eigenvalue weighted by Gasteiger charge is 2.26. The topological polar surface area (TPSA) is 97.4 Å². The molecule has 0 atom stereocenters. The van der Waals surface area contributed by atoms with E-state index in [-0.39, 0.29) is 5.70 Å². The minimum absolute atomic E-state index is 0.0231. The molecule has 0 saturated heterocycles. The van der Waals surface area contributed by atoms with Crippen LogP contribution in [0, 0.1) is 39.4 Å². The molecule has 0 heterocycles.